The summed E-state index contributed by atoms with van der Waals surface area (Å²) < 4.78 is 5.41. The first-order valence-electron chi connectivity index (χ1n) is 7.54. The van der Waals surface area contributed by atoms with E-state index in [-0.39, 0.29) is 5.91 Å². The Kier molecular flexibility index (Phi) is 5.59. The van der Waals surface area contributed by atoms with Crippen molar-refractivity contribution in [2.75, 3.05) is 37.4 Å². The monoisotopic (exact) mass is 291 g/mol. The summed E-state index contributed by atoms with van der Waals surface area (Å²) in [6.07, 6.45) is 1.40. The number of hydrogen-bond donors (Lipinski definition) is 2. The zero-order valence-electron chi connectivity index (χ0n) is 12.9. The second kappa shape index (κ2) is 7.43. The number of anilines is 2. The summed E-state index contributed by atoms with van der Waals surface area (Å²) in [5, 5.41) is 2.95. The average Bonchev–Trinajstić information content (AvgIpc) is 2.44. The van der Waals surface area contributed by atoms with Gasteiger partial charge in [0, 0.05) is 30.4 Å². The Hall–Kier alpha value is -1.59. The third kappa shape index (κ3) is 4.72. The van der Waals surface area contributed by atoms with Crippen LogP contribution < -0.4 is 11.1 Å². The van der Waals surface area contributed by atoms with E-state index in [2.05, 4.69) is 17.1 Å². The van der Waals surface area contributed by atoms with Crippen LogP contribution in [0, 0.1) is 6.92 Å². The number of benzene rings is 1. The molecule has 1 heterocycles. The third-order valence-electron chi connectivity index (χ3n) is 3.88. The fourth-order valence-corrected chi connectivity index (χ4v) is 2.58. The molecular weight excluding hydrogens is 266 g/mol. The number of amides is 1. The summed E-state index contributed by atoms with van der Waals surface area (Å²) in [4.78, 5) is 14.4. The topological polar surface area (TPSA) is 67.6 Å². The lowest BCUT2D eigenvalue weighted by Crippen LogP contribution is -2.44. The highest BCUT2D eigenvalue weighted by Crippen LogP contribution is 2.18. The van der Waals surface area contributed by atoms with Crippen LogP contribution >= 0.6 is 0 Å². The van der Waals surface area contributed by atoms with Crippen LogP contribution in [0.1, 0.15) is 25.3 Å². The Bertz CT molecular complexity index is 490. The Labute approximate surface area is 126 Å². The van der Waals surface area contributed by atoms with Gasteiger partial charge in [0.15, 0.2) is 0 Å². The van der Waals surface area contributed by atoms with Crippen molar-refractivity contribution < 1.29 is 9.53 Å². The zero-order valence-corrected chi connectivity index (χ0v) is 12.9. The minimum atomic E-state index is 0.0591. The van der Waals surface area contributed by atoms with Gasteiger partial charge in [-0.25, -0.2) is 0 Å². The summed E-state index contributed by atoms with van der Waals surface area (Å²) in [6, 6.07) is 5.97. The maximum Gasteiger partial charge on any atom is 0.224 e. The van der Waals surface area contributed by atoms with Crippen molar-refractivity contribution in [2.24, 2.45) is 0 Å². The fraction of sp³-hybridized carbons (Fsp3) is 0.562. The van der Waals surface area contributed by atoms with Gasteiger partial charge in [-0.2, -0.15) is 0 Å². The standard InChI is InChI=1S/C16H25N3O2/c1-12-10-14(17)5-6-15(12)18-16(20)4-3-7-19-8-9-21-11-13(19)2/h5-6,10,13H,3-4,7-9,11,17H2,1-2H3,(H,18,20). The van der Waals surface area contributed by atoms with E-state index in [1.807, 2.05) is 19.1 Å². The van der Waals surface area contributed by atoms with E-state index in [1.165, 1.54) is 0 Å². The molecule has 1 aliphatic heterocycles. The lowest BCUT2D eigenvalue weighted by Gasteiger charge is -2.33. The molecule has 1 aromatic rings. The van der Waals surface area contributed by atoms with Crippen molar-refractivity contribution >= 4 is 17.3 Å². The van der Waals surface area contributed by atoms with Crippen LogP contribution in [0.5, 0.6) is 0 Å². The Morgan fingerprint density at radius 1 is 1.52 bits per heavy atom. The number of ether oxygens (including phenoxy) is 1. The maximum atomic E-state index is 12.0. The molecule has 21 heavy (non-hydrogen) atoms. The smallest absolute Gasteiger partial charge is 0.224 e. The predicted molar refractivity (Wildman–Crippen MR) is 85.3 cm³/mol. The molecule has 0 aliphatic carbocycles. The van der Waals surface area contributed by atoms with E-state index >= 15 is 0 Å². The highest BCUT2D eigenvalue weighted by Gasteiger charge is 2.18. The van der Waals surface area contributed by atoms with Crippen LogP contribution in [0.3, 0.4) is 0 Å². The number of carbonyl (C=O) groups excluding carboxylic acids is 1. The van der Waals surface area contributed by atoms with Crippen molar-refractivity contribution in [1.29, 1.82) is 0 Å². The Morgan fingerprint density at radius 3 is 3.05 bits per heavy atom. The van der Waals surface area contributed by atoms with Crippen LogP contribution in [0.25, 0.3) is 0 Å². The first kappa shape index (κ1) is 15.8. The lowest BCUT2D eigenvalue weighted by molar-refractivity contribution is -0.116. The highest BCUT2D eigenvalue weighted by atomic mass is 16.5. The van der Waals surface area contributed by atoms with Gasteiger partial charge in [0.05, 0.1) is 13.2 Å². The van der Waals surface area contributed by atoms with E-state index in [9.17, 15) is 4.79 Å². The van der Waals surface area contributed by atoms with Crippen molar-refractivity contribution in [1.82, 2.24) is 4.90 Å². The molecule has 1 unspecified atom stereocenters. The number of nitrogen functional groups attached to an aromatic ring is 1. The van der Waals surface area contributed by atoms with Crippen LogP contribution in [0.4, 0.5) is 11.4 Å². The molecule has 1 amide bonds. The fourth-order valence-electron chi connectivity index (χ4n) is 2.58. The van der Waals surface area contributed by atoms with Crippen LogP contribution in [0.15, 0.2) is 18.2 Å². The van der Waals surface area contributed by atoms with E-state index in [0.717, 1.165) is 44.0 Å². The van der Waals surface area contributed by atoms with Crippen molar-refractivity contribution in [2.45, 2.75) is 32.7 Å². The number of carbonyl (C=O) groups is 1. The van der Waals surface area contributed by atoms with Crippen LogP contribution in [0.2, 0.25) is 0 Å². The molecule has 1 saturated heterocycles. The molecule has 1 atom stereocenters. The molecule has 5 nitrogen and oxygen atoms in total. The van der Waals surface area contributed by atoms with Gasteiger partial charge in [-0.1, -0.05) is 0 Å². The van der Waals surface area contributed by atoms with Crippen molar-refractivity contribution in [3.05, 3.63) is 23.8 Å². The van der Waals surface area contributed by atoms with Gasteiger partial charge in [-0.3, -0.25) is 9.69 Å². The molecule has 0 spiro atoms. The highest BCUT2D eigenvalue weighted by molar-refractivity contribution is 5.91. The molecular formula is C16H25N3O2. The van der Waals surface area contributed by atoms with Gasteiger partial charge in [-0.05, 0) is 50.6 Å². The first-order valence-corrected chi connectivity index (χ1v) is 7.54. The summed E-state index contributed by atoms with van der Waals surface area (Å²) in [7, 11) is 0. The summed E-state index contributed by atoms with van der Waals surface area (Å²) in [6.45, 7) is 7.59. The number of nitrogens with zero attached hydrogens (tertiary/aromatic N) is 1. The minimum absolute atomic E-state index is 0.0591. The molecule has 1 fully saturated rings. The van der Waals surface area contributed by atoms with Gasteiger partial charge >= 0.3 is 0 Å². The quantitative estimate of drug-likeness (QED) is 0.814. The first-order chi connectivity index (χ1) is 10.1. The molecule has 1 aliphatic rings. The summed E-state index contributed by atoms with van der Waals surface area (Å²) in [5.41, 5.74) is 8.25. The molecule has 2 rings (SSSR count). The van der Waals surface area contributed by atoms with E-state index in [1.54, 1.807) is 6.07 Å². The Balaban J connectivity index is 1.74. The van der Waals surface area contributed by atoms with Gasteiger partial charge in [0.25, 0.3) is 0 Å². The Morgan fingerprint density at radius 2 is 2.33 bits per heavy atom. The molecule has 0 saturated carbocycles. The van der Waals surface area contributed by atoms with Gasteiger partial charge < -0.3 is 15.8 Å². The number of nitrogens with one attached hydrogen (secondary N) is 1. The predicted octanol–water partition coefficient (Wildman–Crippen LogP) is 2.02. The van der Waals surface area contributed by atoms with Gasteiger partial charge in [-0.15, -0.1) is 0 Å². The summed E-state index contributed by atoms with van der Waals surface area (Å²) in [5.74, 6) is 0.0591. The molecule has 0 radical (unpaired) electrons. The van der Waals surface area contributed by atoms with E-state index < -0.39 is 0 Å². The van der Waals surface area contributed by atoms with Gasteiger partial charge in [0.2, 0.25) is 5.91 Å². The number of morpholine rings is 1. The van der Waals surface area contributed by atoms with E-state index in [0.29, 0.717) is 18.2 Å². The maximum absolute atomic E-state index is 12.0. The van der Waals surface area contributed by atoms with Gasteiger partial charge in [0.1, 0.15) is 0 Å². The third-order valence-corrected chi connectivity index (χ3v) is 3.88. The minimum Gasteiger partial charge on any atom is -0.399 e. The zero-order chi connectivity index (χ0) is 15.2. The molecule has 116 valence electrons. The van der Waals surface area contributed by atoms with Crippen molar-refractivity contribution in [3.63, 3.8) is 0 Å². The number of nitrogens with two attached hydrogens (primary N) is 1. The second-order valence-corrected chi connectivity index (χ2v) is 5.69. The van der Waals surface area contributed by atoms with Crippen molar-refractivity contribution in [3.8, 4) is 0 Å². The van der Waals surface area contributed by atoms with Crippen LogP contribution in [-0.2, 0) is 9.53 Å². The SMILES string of the molecule is Cc1cc(N)ccc1NC(=O)CCCN1CCOCC1C. The molecule has 1 aromatic carbocycles. The molecule has 0 bridgehead atoms. The normalized spacial score (nSPS) is 19.4. The average molecular weight is 291 g/mol. The number of rotatable bonds is 5. The largest absolute Gasteiger partial charge is 0.399 e. The van der Waals surface area contributed by atoms with Crippen LogP contribution in [-0.4, -0.2) is 43.2 Å². The number of hydrogen-bond acceptors (Lipinski definition) is 4. The lowest BCUT2D eigenvalue weighted by atomic mass is 10.1. The summed E-state index contributed by atoms with van der Waals surface area (Å²) >= 11 is 0. The van der Waals surface area contributed by atoms with E-state index in [4.69, 9.17) is 10.5 Å². The second-order valence-electron chi connectivity index (χ2n) is 5.69. The molecule has 3 N–H and O–H groups in total. The number of aryl methyl sites for hydroxylation is 1. The molecule has 5 heteroatoms. The molecule has 0 aromatic heterocycles.